The molecule has 1 aliphatic heterocycles. The van der Waals surface area contributed by atoms with Gasteiger partial charge in [0.05, 0.1) is 5.56 Å². The summed E-state index contributed by atoms with van der Waals surface area (Å²) < 4.78 is 38.3. The maximum Gasteiger partial charge on any atom is 0.418 e. The quantitative estimate of drug-likeness (QED) is 0.841. The van der Waals surface area contributed by atoms with Crippen LogP contribution in [0.2, 0.25) is 0 Å². The Morgan fingerprint density at radius 2 is 2.19 bits per heavy atom. The topological polar surface area (TPSA) is 55.1 Å². The van der Waals surface area contributed by atoms with Crippen molar-refractivity contribution in [1.82, 2.24) is 5.32 Å². The number of nitrogens with one attached hydrogen (secondary N) is 1. The van der Waals surface area contributed by atoms with Crippen LogP contribution in [0, 0.1) is 0 Å². The van der Waals surface area contributed by atoms with Crippen LogP contribution in [0.25, 0.3) is 0 Å². The summed E-state index contributed by atoms with van der Waals surface area (Å²) in [4.78, 5) is 12.0. The van der Waals surface area contributed by atoms with Crippen LogP contribution in [-0.4, -0.2) is 23.0 Å². The SMILES string of the molecule is CC1(CNC(=O)c2ccc(N)c(C(F)(F)F)c2)CCCS1. The van der Waals surface area contributed by atoms with Crippen molar-refractivity contribution in [1.29, 1.82) is 0 Å². The number of thioether (sulfide) groups is 1. The Hall–Kier alpha value is -1.37. The van der Waals surface area contributed by atoms with Gasteiger partial charge in [-0.2, -0.15) is 24.9 Å². The molecule has 1 aliphatic rings. The first-order chi connectivity index (χ1) is 9.71. The highest BCUT2D eigenvalue weighted by molar-refractivity contribution is 8.00. The van der Waals surface area contributed by atoms with Gasteiger partial charge in [0.2, 0.25) is 0 Å². The third-order valence-corrected chi connectivity index (χ3v) is 5.08. The van der Waals surface area contributed by atoms with Crippen molar-refractivity contribution < 1.29 is 18.0 Å². The molecule has 21 heavy (non-hydrogen) atoms. The number of amides is 1. The molecule has 1 amide bonds. The van der Waals surface area contributed by atoms with Crippen molar-refractivity contribution in [2.45, 2.75) is 30.7 Å². The highest BCUT2D eigenvalue weighted by Gasteiger charge is 2.34. The van der Waals surface area contributed by atoms with E-state index >= 15 is 0 Å². The molecular weight excluding hydrogens is 301 g/mol. The number of carbonyl (C=O) groups excluding carboxylic acids is 1. The summed E-state index contributed by atoms with van der Waals surface area (Å²) in [5, 5.41) is 2.71. The third kappa shape index (κ3) is 3.84. The summed E-state index contributed by atoms with van der Waals surface area (Å²) >= 11 is 1.78. The second-order valence-electron chi connectivity index (χ2n) is 5.38. The number of hydrogen-bond donors (Lipinski definition) is 2. The average molecular weight is 318 g/mol. The number of benzene rings is 1. The first-order valence-corrected chi connectivity index (χ1v) is 7.59. The summed E-state index contributed by atoms with van der Waals surface area (Å²) in [6.45, 7) is 2.50. The first-order valence-electron chi connectivity index (χ1n) is 6.60. The van der Waals surface area contributed by atoms with Crippen molar-refractivity contribution in [3.63, 3.8) is 0 Å². The monoisotopic (exact) mass is 318 g/mol. The van der Waals surface area contributed by atoms with Gasteiger partial charge in [-0.25, -0.2) is 0 Å². The van der Waals surface area contributed by atoms with E-state index in [0.717, 1.165) is 30.7 Å². The molecule has 0 saturated carbocycles. The second-order valence-corrected chi connectivity index (χ2v) is 7.07. The van der Waals surface area contributed by atoms with E-state index in [2.05, 4.69) is 12.2 Å². The fourth-order valence-corrected chi connectivity index (χ4v) is 3.53. The zero-order valence-electron chi connectivity index (χ0n) is 11.6. The van der Waals surface area contributed by atoms with E-state index in [1.165, 1.54) is 6.07 Å². The number of hydrogen-bond acceptors (Lipinski definition) is 3. The van der Waals surface area contributed by atoms with Gasteiger partial charge in [-0.05, 0) is 43.7 Å². The van der Waals surface area contributed by atoms with Gasteiger partial charge in [-0.1, -0.05) is 0 Å². The molecule has 0 aromatic heterocycles. The van der Waals surface area contributed by atoms with E-state index in [1.807, 2.05) is 0 Å². The van der Waals surface area contributed by atoms with Gasteiger partial charge in [0, 0.05) is 22.5 Å². The first kappa shape index (κ1) is 16.0. The molecular formula is C14H17F3N2OS. The number of nitrogen functional groups attached to an aromatic ring is 1. The highest BCUT2D eigenvalue weighted by Crippen LogP contribution is 2.37. The molecule has 1 saturated heterocycles. The fourth-order valence-electron chi connectivity index (χ4n) is 2.29. The Morgan fingerprint density at radius 3 is 2.76 bits per heavy atom. The minimum absolute atomic E-state index is 0.0249. The van der Waals surface area contributed by atoms with Crippen LogP contribution in [0.1, 0.15) is 35.7 Å². The molecule has 0 bridgehead atoms. The van der Waals surface area contributed by atoms with Crippen molar-refractivity contribution in [3.8, 4) is 0 Å². The van der Waals surface area contributed by atoms with Crippen molar-refractivity contribution in [2.24, 2.45) is 0 Å². The molecule has 3 N–H and O–H groups in total. The zero-order chi connectivity index (χ0) is 15.7. The predicted molar refractivity (Wildman–Crippen MR) is 78.3 cm³/mol. The summed E-state index contributed by atoms with van der Waals surface area (Å²) in [6, 6.07) is 3.22. The van der Waals surface area contributed by atoms with Gasteiger partial charge in [0.1, 0.15) is 0 Å². The van der Waals surface area contributed by atoms with Crippen LogP contribution in [0.15, 0.2) is 18.2 Å². The van der Waals surface area contributed by atoms with Gasteiger partial charge in [0.15, 0.2) is 0 Å². The second kappa shape index (κ2) is 5.79. The lowest BCUT2D eigenvalue weighted by molar-refractivity contribution is -0.136. The zero-order valence-corrected chi connectivity index (χ0v) is 12.4. The maximum atomic E-state index is 12.8. The van der Waals surface area contributed by atoms with Crippen LogP contribution < -0.4 is 11.1 Å². The molecule has 116 valence electrons. The molecule has 1 aromatic rings. The van der Waals surface area contributed by atoms with Crippen molar-refractivity contribution >= 4 is 23.4 Å². The molecule has 0 radical (unpaired) electrons. The van der Waals surface area contributed by atoms with Crippen LogP contribution in [0.4, 0.5) is 18.9 Å². The summed E-state index contributed by atoms with van der Waals surface area (Å²) in [7, 11) is 0. The predicted octanol–water partition coefficient (Wildman–Crippen LogP) is 3.30. The number of halogens is 3. The number of alkyl halides is 3. The molecule has 1 fully saturated rings. The van der Waals surface area contributed by atoms with Crippen LogP contribution in [0.5, 0.6) is 0 Å². The summed E-state index contributed by atoms with van der Waals surface area (Å²) in [5.41, 5.74) is 3.94. The molecule has 0 aliphatic carbocycles. The van der Waals surface area contributed by atoms with E-state index in [4.69, 9.17) is 5.73 Å². The van der Waals surface area contributed by atoms with E-state index in [9.17, 15) is 18.0 Å². The smallest absolute Gasteiger partial charge is 0.398 e. The Kier molecular flexibility index (Phi) is 4.41. The number of carbonyl (C=O) groups is 1. The number of anilines is 1. The lowest BCUT2D eigenvalue weighted by atomic mass is 10.0. The summed E-state index contributed by atoms with van der Waals surface area (Å²) in [5.74, 6) is 0.543. The Morgan fingerprint density at radius 1 is 1.48 bits per heavy atom. The van der Waals surface area contributed by atoms with E-state index in [1.54, 1.807) is 11.8 Å². The summed E-state index contributed by atoms with van der Waals surface area (Å²) in [6.07, 6.45) is -2.47. The Balaban J connectivity index is 2.09. The van der Waals surface area contributed by atoms with Crippen molar-refractivity contribution in [3.05, 3.63) is 29.3 Å². The third-order valence-electron chi connectivity index (χ3n) is 3.54. The molecule has 2 rings (SSSR count). The molecule has 7 heteroatoms. The van der Waals surface area contributed by atoms with Crippen LogP contribution in [0.3, 0.4) is 0 Å². The largest absolute Gasteiger partial charge is 0.418 e. The normalized spacial score (nSPS) is 22.3. The minimum Gasteiger partial charge on any atom is -0.398 e. The lowest BCUT2D eigenvalue weighted by Gasteiger charge is -2.23. The standard InChI is InChI=1S/C14H17F3N2OS/c1-13(5-2-6-21-13)8-19-12(20)9-3-4-11(18)10(7-9)14(15,16)17/h3-4,7H,2,5-6,8,18H2,1H3,(H,19,20). The van der Waals surface area contributed by atoms with Crippen LogP contribution >= 0.6 is 11.8 Å². The van der Waals surface area contributed by atoms with Gasteiger partial charge >= 0.3 is 6.18 Å². The van der Waals surface area contributed by atoms with Gasteiger partial charge in [-0.15, -0.1) is 0 Å². The maximum absolute atomic E-state index is 12.8. The molecule has 3 nitrogen and oxygen atoms in total. The van der Waals surface area contributed by atoms with Gasteiger partial charge < -0.3 is 11.1 Å². The molecule has 0 spiro atoms. The lowest BCUT2D eigenvalue weighted by Crippen LogP contribution is -2.36. The van der Waals surface area contributed by atoms with Crippen molar-refractivity contribution in [2.75, 3.05) is 18.0 Å². The van der Waals surface area contributed by atoms with E-state index in [0.29, 0.717) is 6.54 Å². The van der Waals surface area contributed by atoms with E-state index in [-0.39, 0.29) is 16.0 Å². The van der Waals surface area contributed by atoms with Crippen LogP contribution in [-0.2, 0) is 6.18 Å². The Labute approximate surface area is 125 Å². The average Bonchev–Trinajstić information content (AvgIpc) is 2.83. The van der Waals surface area contributed by atoms with Gasteiger partial charge in [-0.3, -0.25) is 4.79 Å². The highest BCUT2D eigenvalue weighted by atomic mass is 32.2. The Bertz CT molecular complexity index is 540. The van der Waals surface area contributed by atoms with Gasteiger partial charge in [0.25, 0.3) is 5.91 Å². The number of rotatable bonds is 3. The molecule has 1 heterocycles. The minimum atomic E-state index is -4.56. The molecule has 1 aromatic carbocycles. The molecule has 1 unspecified atom stereocenters. The van der Waals surface area contributed by atoms with E-state index < -0.39 is 17.6 Å². The number of nitrogens with two attached hydrogens (primary N) is 1. The fraction of sp³-hybridized carbons (Fsp3) is 0.500. The molecule has 1 atom stereocenters.